The van der Waals surface area contributed by atoms with Crippen LogP contribution in [0.4, 0.5) is 0 Å². The lowest BCUT2D eigenvalue weighted by molar-refractivity contribution is -0.116. The largest absolute Gasteiger partial charge is 0.489 e. The van der Waals surface area contributed by atoms with Crippen molar-refractivity contribution in [1.29, 1.82) is 0 Å². The van der Waals surface area contributed by atoms with Crippen LogP contribution < -0.4 is 4.74 Å². The van der Waals surface area contributed by atoms with Gasteiger partial charge in [-0.3, -0.25) is 4.79 Å². The Bertz CT molecular complexity index is 549. The number of carbonyl (C=O) groups excluding carboxylic acids is 1. The van der Waals surface area contributed by atoms with Crippen LogP contribution in [0.3, 0.4) is 0 Å². The zero-order chi connectivity index (χ0) is 14.4. The summed E-state index contributed by atoms with van der Waals surface area (Å²) in [4.78, 5) is 11.1. The summed E-state index contributed by atoms with van der Waals surface area (Å²) in [5.41, 5.74) is 2.17. The van der Waals surface area contributed by atoms with Gasteiger partial charge in [0.1, 0.15) is 18.1 Å². The smallest absolute Gasteiger partial charge is 0.147 e. The first kappa shape index (κ1) is 14.6. The van der Waals surface area contributed by atoms with E-state index in [1.807, 2.05) is 54.6 Å². The van der Waals surface area contributed by atoms with Crippen LogP contribution in [-0.4, -0.2) is 11.2 Å². The quantitative estimate of drug-likeness (QED) is 0.751. The Morgan fingerprint density at radius 1 is 1.05 bits per heavy atom. The summed E-state index contributed by atoms with van der Waals surface area (Å²) in [5, 5.41) is -0.453. The van der Waals surface area contributed by atoms with Crippen LogP contribution in [0.15, 0.2) is 54.6 Å². The fourth-order valence-electron chi connectivity index (χ4n) is 1.81. The minimum absolute atomic E-state index is 0.00364. The van der Waals surface area contributed by atoms with Gasteiger partial charge in [-0.15, -0.1) is 11.6 Å². The van der Waals surface area contributed by atoms with Crippen molar-refractivity contribution in [3.05, 3.63) is 65.7 Å². The van der Waals surface area contributed by atoms with Crippen molar-refractivity contribution in [3.8, 4) is 5.75 Å². The first-order chi connectivity index (χ1) is 9.65. The van der Waals surface area contributed by atoms with Crippen molar-refractivity contribution in [2.45, 2.75) is 25.3 Å². The first-order valence-corrected chi connectivity index (χ1v) is 6.99. The number of ketones is 1. The molecule has 104 valence electrons. The summed E-state index contributed by atoms with van der Waals surface area (Å²) in [5.74, 6) is 0.808. The van der Waals surface area contributed by atoms with Crippen molar-refractivity contribution in [2.75, 3.05) is 0 Å². The van der Waals surface area contributed by atoms with Gasteiger partial charge in [-0.1, -0.05) is 42.5 Å². The molecule has 2 rings (SSSR count). The Labute approximate surface area is 124 Å². The van der Waals surface area contributed by atoms with Crippen LogP contribution in [-0.2, 0) is 17.8 Å². The minimum atomic E-state index is -0.453. The summed E-state index contributed by atoms with van der Waals surface area (Å²) in [7, 11) is 0. The van der Waals surface area contributed by atoms with Crippen LogP contribution in [0.1, 0.15) is 18.1 Å². The summed E-state index contributed by atoms with van der Waals surface area (Å²) in [6.07, 6.45) is 0.551. The van der Waals surface area contributed by atoms with E-state index in [0.29, 0.717) is 13.0 Å². The van der Waals surface area contributed by atoms with Gasteiger partial charge < -0.3 is 4.74 Å². The lowest BCUT2D eigenvalue weighted by Gasteiger charge is -2.08. The van der Waals surface area contributed by atoms with Gasteiger partial charge in [-0.2, -0.15) is 0 Å². The highest BCUT2D eigenvalue weighted by atomic mass is 35.5. The van der Waals surface area contributed by atoms with Gasteiger partial charge in [0.15, 0.2) is 0 Å². The highest BCUT2D eigenvalue weighted by Crippen LogP contribution is 2.16. The first-order valence-electron chi connectivity index (χ1n) is 6.55. The maximum absolute atomic E-state index is 11.1. The molecule has 0 aliphatic rings. The second kappa shape index (κ2) is 7.11. The zero-order valence-corrected chi connectivity index (χ0v) is 12.1. The Morgan fingerprint density at radius 2 is 1.70 bits per heavy atom. The number of hydrogen-bond acceptors (Lipinski definition) is 2. The Kier molecular flexibility index (Phi) is 5.19. The highest BCUT2D eigenvalue weighted by Gasteiger charge is 2.10. The predicted molar refractivity (Wildman–Crippen MR) is 81.2 cm³/mol. The molecular weight excluding hydrogens is 272 g/mol. The van der Waals surface area contributed by atoms with Crippen molar-refractivity contribution in [2.24, 2.45) is 0 Å². The molecule has 1 atom stereocenters. The number of Topliss-reactive ketones (excluding diaryl/α,β-unsaturated/α-hetero) is 1. The van der Waals surface area contributed by atoms with Gasteiger partial charge in [0, 0.05) is 0 Å². The maximum Gasteiger partial charge on any atom is 0.147 e. The van der Waals surface area contributed by atoms with E-state index in [1.165, 1.54) is 6.92 Å². The molecule has 3 heteroatoms. The molecule has 2 nitrogen and oxygen atoms in total. The molecule has 20 heavy (non-hydrogen) atoms. The van der Waals surface area contributed by atoms with Crippen molar-refractivity contribution >= 4 is 17.4 Å². The van der Waals surface area contributed by atoms with Gasteiger partial charge in [-0.25, -0.2) is 0 Å². The SMILES string of the molecule is CC(=O)C(Cl)Cc1ccc(OCc2ccccc2)cc1. The number of benzene rings is 2. The fourth-order valence-corrected chi connectivity index (χ4v) is 1.99. The summed E-state index contributed by atoms with van der Waals surface area (Å²) in [6.45, 7) is 2.06. The van der Waals surface area contributed by atoms with Crippen molar-refractivity contribution in [1.82, 2.24) is 0 Å². The van der Waals surface area contributed by atoms with Crippen LogP contribution in [0, 0.1) is 0 Å². The van der Waals surface area contributed by atoms with Gasteiger partial charge in [0.25, 0.3) is 0 Å². The maximum atomic E-state index is 11.1. The molecule has 2 aromatic rings. The molecular formula is C17H17ClO2. The van der Waals surface area contributed by atoms with E-state index in [0.717, 1.165) is 16.9 Å². The monoisotopic (exact) mass is 288 g/mol. The minimum Gasteiger partial charge on any atom is -0.489 e. The average molecular weight is 289 g/mol. The Balaban J connectivity index is 1.90. The van der Waals surface area contributed by atoms with Gasteiger partial charge in [0.2, 0.25) is 0 Å². The number of rotatable bonds is 6. The second-order valence-corrected chi connectivity index (χ2v) is 5.23. The van der Waals surface area contributed by atoms with Crippen LogP contribution in [0.5, 0.6) is 5.75 Å². The van der Waals surface area contributed by atoms with Gasteiger partial charge in [-0.05, 0) is 36.6 Å². The number of alkyl halides is 1. The molecule has 0 saturated heterocycles. The zero-order valence-electron chi connectivity index (χ0n) is 11.4. The highest BCUT2D eigenvalue weighted by molar-refractivity contribution is 6.30. The number of halogens is 1. The van der Waals surface area contributed by atoms with Crippen LogP contribution in [0.2, 0.25) is 0 Å². The standard InChI is InChI=1S/C17H17ClO2/c1-13(19)17(18)11-14-7-9-16(10-8-14)20-12-15-5-3-2-4-6-15/h2-10,17H,11-12H2,1H3. The summed E-state index contributed by atoms with van der Waals surface area (Å²) in [6, 6.07) is 17.7. The predicted octanol–water partition coefficient (Wildman–Crippen LogP) is 4.00. The normalized spacial score (nSPS) is 11.9. The van der Waals surface area contributed by atoms with E-state index >= 15 is 0 Å². The molecule has 0 radical (unpaired) electrons. The number of ether oxygens (including phenoxy) is 1. The molecule has 1 unspecified atom stereocenters. The molecule has 0 bridgehead atoms. The van der Waals surface area contributed by atoms with Crippen LogP contribution >= 0.6 is 11.6 Å². The summed E-state index contributed by atoms with van der Waals surface area (Å²) >= 11 is 5.95. The van der Waals surface area contributed by atoms with Crippen molar-refractivity contribution < 1.29 is 9.53 Å². The van der Waals surface area contributed by atoms with E-state index in [4.69, 9.17) is 16.3 Å². The third-order valence-corrected chi connectivity index (χ3v) is 3.49. The third kappa shape index (κ3) is 4.39. The molecule has 0 amide bonds. The molecule has 0 heterocycles. The van der Waals surface area contributed by atoms with E-state index in [2.05, 4.69) is 0 Å². The van der Waals surface area contributed by atoms with E-state index in [9.17, 15) is 4.79 Å². The second-order valence-electron chi connectivity index (χ2n) is 4.70. The molecule has 0 aromatic heterocycles. The average Bonchev–Trinajstić information content (AvgIpc) is 2.47. The molecule has 0 N–H and O–H groups in total. The van der Waals surface area contributed by atoms with E-state index in [1.54, 1.807) is 0 Å². The van der Waals surface area contributed by atoms with Crippen LogP contribution in [0.25, 0.3) is 0 Å². The molecule has 0 fully saturated rings. The van der Waals surface area contributed by atoms with Gasteiger partial charge >= 0.3 is 0 Å². The fraction of sp³-hybridized carbons (Fsp3) is 0.235. The Morgan fingerprint density at radius 3 is 2.30 bits per heavy atom. The van der Waals surface area contributed by atoms with E-state index in [-0.39, 0.29) is 5.78 Å². The van der Waals surface area contributed by atoms with Crippen molar-refractivity contribution in [3.63, 3.8) is 0 Å². The molecule has 0 spiro atoms. The van der Waals surface area contributed by atoms with E-state index < -0.39 is 5.38 Å². The lowest BCUT2D eigenvalue weighted by Crippen LogP contribution is -2.13. The number of carbonyl (C=O) groups is 1. The lowest BCUT2D eigenvalue weighted by atomic mass is 10.1. The van der Waals surface area contributed by atoms with Gasteiger partial charge in [0.05, 0.1) is 5.38 Å². The topological polar surface area (TPSA) is 26.3 Å². The third-order valence-electron chi connectivity index (χ3n) is 3.03. The molecule has 0 aliphatic heterocycles. The molecule has 0 aliphatic carbocycles. The summed E-state index contributed by atoms with van der Waals surface area (Å²) < 4.78 is 5.70. The molecule has 0 saturated carbocycles. The Hall–Kier alpha value is -1.80. The number of hydrogen-bond donors (Lipinski definition) is 0. The molecule has 2 aromatic carbocycles.